The summed E-state index contributed by atoms with van der Waals surface area (Å²) in [5.74, 6) is 0. The number of nitrogens with two attached hydrogens (primary N) is 1. The van der Waals surface area contributed by atoms with Crippen LogP contribution in [-0.2, 0) is 0 Å². The fourth-order valence-corrected chi connectivity index (χ4v) is 1.86. The van der Waals surface area contributed by atoms with Gasteiger partial charge in [0.2, 0.25) is 0 Å². The van der Waals surface area contributed by atoms with Crippen molar-refractivity contribution in [1.82, 2.24) is 0 Å². The first-order valence-corrected chi connectivity index (χ1v) is 5.15. The number of rotatable bonds is 1. The first-order chi connectivity index (χ1) is 7.16. The highest BCUT2D eigenvalue weighted by atomic mass is 35.5. The van der Waals surface area contributed by atoms with Gasteiger partial charge in [-0.25, -0.2) is 0 Å². The van der Waals surface area contributed by atoms with Gasteiger partial charge in [-0.2, -0.15) is 0 Å². The Morgan fingerprint density at radius 2 is 1.93 bits per heavy atom. The zero-order valence-corrected chi connectivity index (χ0v) is 9.31. The van der Waals surface area contributed by atoms with Crippen molar-refractivity contribution in [2.75, 3.05) is 5.73 Å². The fraction of sp³-hybridized carbons (Fsp3) is 0. The van der Waals surface area contributed by atoms with Crippen LogP contribution in [0.2, 0.25) is 10.0 Å². The van der Waals surface area contributed by atoms with Gasteiger partial charge in [-0.3, -0.25) is 0 Å². The molecule has 0 amide bonds. The third-order valence-corrected chi connectivity index (χ3v) is 2.59. The van der Waals surface area contributed by atoms with Gasteiger partial charge in [0, 0.05) is 27.4 Å². The van der Waals surface area contributed by atoms with Gasteiger partial charge in [0.1, 0.15) is 0 Å². The van der Waals surface area contributed by atoms with E-state index in [4.69, 9.17) is 28.9 Å². The fourth-order valence-electron chi connectivity index (χ4n) is 1.37. The lowest BCUT2D eigenvalue weighted by atomic mass is 10.1. The molecule has 2 aromatic rings. The van der Waals surface area contributed by atoms with Gasteiger partial charge in [-0.05, 0) is 29.8 Å². The molecule has 0 aliphatic heterocycles. The largest absolute Gasteiger partial charge is 0.399 e. The van der Waals surface area contributed by atoms with Crippen molar-refractivity contribution in [2.24, 2.45) is 0 Å². The van der Waals surface area contributed by atoms with Gasteiger partial charge in [-0.1, -0.05) is 35.3 Å². The van der Waals surface area contributed by atoms with E-state index in [0.29, 0.717) is 15.7 Å². The summed E-state index contributed by atoms with van der Waals surface area (Å²) in [6, 6.07) is 13.9. The number of hydrogen-bond acceptors (Lipinski definition) is 1. The molecule has 0 fully saturated rings. The van der Waals surface area contributed by atoms with Crippen molar-refractivity contribution < 1.29 is 0 Å². The Morgan fingerprint density at radius 1 is 1.13 bits per heavy atom. The molecule has 0 atom stereocenters. The summed E-state index contributed by atoms with van der Waals surface area (Å²) in [6.45, 7) is 0. The minimum absolute atomic E-state index is 0.507. The zero-order valence-electron chi connectivity index (χ0n) is 7.80. The molecule has 0 aliphatic rings. The van der Waals surface area contributed by atoms with E-state index < -0.39 is 0 Å². The quantitative estimate of drug-likeness (QED) is 0.744. The molecule has 3 heteroatoms. The molecular weight excluding hydrogens is 229 g/mol. The van der Waals surface area contributed by atoms with Gasteiger partial charge < -0.3 is 5.73 Å². The highest BCUT2D eigenvalue weighted by molar-refractivity contribution is 6.36. The van der Waals surface area contributed by atoms with E-state index in [1.165, 1.54) is 0 Å². The Balaban J connectivity index is 2.54. The molecule has 1 nitrogen and oxygen atoms in total. The highest BCUT2D eigenvalue weighted by Crippen LogP contribution is 2.30. The molecule has 2 rings (SSSR count). The molecule has 0 saturated carbocycles. The monoisotopic (exact) mass is 236 g/mol. The maximum Gasteiger partial charge on any atom is 0.0500 e. The van der Waals surface area contributed by atoms with E-state index in [0.717, 1.165) is 11.1 Å². The van der Waals surface area contributed by atoms with Crippen LogP contribution in [0.1, 0.15) is 0 Å². The Kier molecular flexibility index (Phi) is 2.85. The van der Waals surface area contributed by atoms with Crippen molar-refractivity contribution in [2.45, 2.75) is 0 Å². The summed E-state index contributed by atoms with van der Waals surface area (Å²) in [6.07, 6.45) is 0. The predicted octanol–water partition coefficient (Wildman–Crippen LogP) is 4.04. The van der Waals surface area contributed by atoms with Crippen molar-refractivity contribution in [1.29, 1.82) is 0 Å². The minimum Gasteiger partial charge on any atom is -0.399 e. The van der Waals surface area contributed by atoms with Gasteiger partial charge in [0.25, 0.3) is 0 Å². The number of anilines is 1. The average molecular weight is 237 g/mol. The SMILES string of the molecule is Nc1cccc(-c2c[c]c(Cl)cc2Cl)c1. The maximum atomic E-state index is 6.07. The smallest absolute Gasteiger partial charge is 0.0500 e. The second-order valence-corrected chi connectivity index (χ2v) is 3.98. The minimum atomic E-state index is 0.507. The molecule has 0 aliphatic carbocycles. The second kappa shape index (κ2) is 4.13. The molecular formula is C12H8Cl2N. The topological polar surface area (TPSA) is 26.0 Å². The lowest BCUT2D eigenvalue weighted by Crippen LogP contribution is -1.85. The van der Waals surface area contributed by atoms with E-state index in [1.54, 1.807) is 12.1 Å². The molecule has 0 aromatic heterocycles. The van der Waals surface area contributed by atoms with Gasteiger partial charge >= 0.3 is 0 Å². The Bertz CT molecular complexity index is 495. The van der Waals surface area contributed by atoms with Crippen LogP contribution in [-0.4, -0.2) is 0 Å². The standard InChI is InChI=1S/C12H8Cl2N/c13-9-4-5-11(12(14)7-9)8-2-1-3-10(15)6-8/h1-3,5-7H,15H2. The van der Waals surface area contributed by atoms with Crippen molar-refractivity contribution in [3.8, 4) is 11.1 Å². The summed E-state index contributed by atoms with van der Waals surface area (Å²) in [4.78, 5) is 0. The first-order valence-electron chi connectivity index (χ1n) is 4.39. The van der Waals surface area contributed by atoms with Crippen LogP contribution >= 0.6 is 23.2 Å². The average Bonchev–Trinajstić information content (AvgIpc) is 2.17. The summed E-state index contributed by atoms with van der Waals surface area (Å²) >= 11 is 11.8. The molecule has 75 valence electrons. The molecule has 2 aromatic carbocycles. The molecule has 0 spiro atoms. The molecule has 0 saturated heterocycles. The Labute approximate surface area is 98.4 Å². The third-order valence-electron chi connectivity index (χ3n) is 2.06. The second-order valence-electron chi connectivity index (χ2n) is 3.17. The van der Waals surface area contributed by atoms with Gasteiger partial charge in [0.05, 0.1) is 0 Å². The Morgan fingerprint density at radius 3 is 2.60 bits per heavy atom. The normalized spacial score (nSPS) is 10.3. The van der Waals surface area contributed by atoms with Gasteiger partial charge in [0.15, 0.2) is 0 Å². The van der Waals surface area contributed by atoms with Crippen LogP contribution in [0.4, 0.5) is 5.69 Å². The summed E-state index contributed by atoms with van der Waals surface area (Å²) in [5.41, 5.74) is 8.25. The van der Waals surface area contributed by atoms with E-state index in [-0.39, 0.29) is 0 Å². The van der Waals surface area contributed by atoms with Crippen LogP contribution in [0.3, 0.4) is 0 Å². The molecule has 15 heavy (non-hydrogen) atoms. The number of benzene rings is 2. The molecule has 1 radical (unpaired) electrons. The van der Waals surface area contributed by atoms with Crippen molar-refractivity contribution in [3.05, 3.63) is 52.5 Å². The number of nitrogen functional groups attached to an aromatic ring is 1. The van der Waals surface area contributed by atoms with Crippen LogP contribution in [0, 0.1) is 6.07 Å². The van der Waals surface area contributed by atoms with Crippen LogP contribution in [0.25, 0.3) is 11.1 Å². The molecule has 0 unspecified atom stereocenters. The lowest BCUT2D eigenvalue weighted by molar-refractivity contribution is 1.60. The van der Waals surface area contributed by atoms with Gasteiger partial charge in [-0.15, -0.1) is 0 Å². The summed E-state index contributed by atoms with van der Waals surface area (Å²) < 4.78 is 0. The van der Waals surface area contributed by atoms with Crippen LogP contribution in [0.15, 0.2) is 36.4 Å². The Hall–Kier alpha value is -1.18. The third kappa shape index (κ3) is 2.25. The molecule has 0 bridgehead atoms. The first kappa shape index (κ1) is 10.3. The van der Waals surface area contributed by atoms with Crippen molar-refractivity contribution in [3.63, 3.8) is 0 Å². The summed E-state index contributed by atoms with van der Waals surface area (Å²) in [7, 11) is 0. The highest BCUT2D eigenvalue weighted by Gasteiger charge is 2.04. The van der Waals surface area contributed by atoms with Crippen LogP contribution < -0.4 is 5.73 Å². The van der Waals surface area contributed by atoms with E-state index >= 15 is 0 Å². The summed E-state index contributed by atoms with van der Waals surface area (Å²) in [5, 5.41) is 1.11. The van der Waals surface area contributed by atoms with E-state index in [1.807, 2.05) is 24.3 Å². The van der Waals surface area contributed by atoms with E-state index in [2.05, 4.69) is 6.07 Å². The number of halogens is 2. The predicted molar refractivity (Wildman–Crippen MR) is 65.1 cm³/mol. The van der Waals surface area contributed by atoms with Crippen molar-refractivity contribution >= 4 is 28.9 Å². The molecule has 0 heterocycles. The van der Waals surface area contributed by atoms with E-state index in [9.17, 15) is 0 Å². The van der Waals surface area contributed by atoms with Crippen LogP contribution in [0.5, 0.6) is 0 Å². The zero-order chi connectivity index (χ0) is 10.8. The number of hydrogen-bond donors (Lipinski definition) is 1. The lowest BCUT2D eigenvalue weighted by Gasteiger charge is -2.05. The maximum absolute atomic E-state index is 6.07. The molecule has 2 N–H and O–H groups in total.